The molecule has 1 aliphatic rings. The zero-order valence-electron chi connectivity index (χ0n) is 34.6. The third-order valence-corrected chi connectivity index (χ3v) is 11.5. The highest BCUT2D eigenvalue weighted by Crippen LogP contribution is 2.42. The first kappa shape index (κ1) is 42.2. The predicted octanol–water partition coefficient (Wildman–Crippen LogP) is 10.2. The first-order valence-corrected chi connectivity index (χ1v) is 22.2. The third-order valence-electron chi connectivity index (χ3n) is 10.6. The number of anilines is 1. The van der Waals surface area contributed by atoms with Gasteiger partial charge in [-0.25, -0.2) is 0 Å². The lowest BCUT2D eigenvalue weighted by atomic mass is 10.0. The standard InChI is InChI=1S/C51H48N2O8S/c1-2-38(34-50-52(27-26-39-12-6-3-7-13-39)46-36-42(18-24-48(46)60-50)40-14-8-4-9-15-40)35-51-53(47-37-43(19-25-49(47)61-51)41-16-10-5-11-17-41)28-29-57-30-31-58-32-33-59-44-20-22-45(23-21-44)62(54,55)56/h3-25,34-37H,2,26-33H2,1H3/p+1. The molecule has 11 heteroatoms. The molecule has 0 amide bonds. The van der Waals surface area contributed by atoms with Gasteiger partial charge in [0, 0.05) is 18.7 Å². The van der Waals surface area contributed by atoms with Gasteiger partial charge in [0.05, 0.1) is 36.5 Å². The maximum atomic E-state index is 11.3. The molecule has 0 aliphatic carbocycles. The van der Waals surface area contributed by atoms with E-state index in [-0.39, 0.29) is 11.5 Å². The van der Waals surface area contributed by atoms with Gasteiger partial charge in [-0.3, -0.25) is 4.55 Å². The fraction of sp³-hybridized carbons (Fsp3) is 0.196. The Morgan fingerprint density at radius 3 is 2.02 bits per heavy atom. The molecule has 1 aliphatic heterocycles. The van der Waals surface area contributed by atoms with Gasteiger partial charge >= 0.3 is 5.89 Å². The first-order valence-electron chi connectivity index (χ1n) is 20.8. The molecule has 0 atom stereocenters. The second-order valence-corrected chi connectivity index (χ2v) is 16.2. The van der Waals surface area contributed by atoms with Gasteiger partial charge in [-0.15, -0.1) is 0 Å². The number of oxazole rings is 1. The second kappa shape index (κ2) is 19.9. The van der Waals surface area contributed by atoms with Gasteiger partial charge < -0.3 is 28.3 Å². The molecule has 0 bridgehead atoms. The lowest BCUT2D eigenvalue weighted by Gasteiger charge is -2.19. The Morgan fingerprint density at radius 1 is 0.710 bits per heavy atom. The van der Waals surface area contributed by atoms with Crippen LogP contribution in [0.4, 0.5) is 5.69 Å². The van der Waals surface area contributed by atoms with Gasteiger partial charge in [0.2, 0.25) is 11.5 Å². The van der Waals surface area contributed by atoms with E-state index in [4.69, 9.17) is 27.9 Å². The molecular formula is C51H49N2O8S+. The second-order valence-electron chi connectivity index (χ2n) is 14.8. The van der Waals surface area contributed by atoms with Crippen LogP contribution in [0.2, 0.25) is 0 Å². The highest BCUT2D eigenvalue weighted by molar-refractivity contribution is 7.85. The van der Waals surface area contributed by atoms with Crippen molar-refractivity contribution in [2.45, 2.75) is 31.2 Å². The summed E-state index contributed by atoms with van der Waals surface area (Å²) in [6.07, 6.45) is 5.83. The predicted molar refractivity (Wildman–Crippen MR) is 242 cm³/mol. The Morgan fingerprint density at radius 2 is 1.34 bits per heavy atom. The van der Waals surface area contributed by atoms with Crippen molar-refractivity contribution in [3.8, 4) is 33.8 Å². The largest absolute Gasteiger partial charge is 0.491 e. The number of hydrogen-bond acceptors (Lipinski definition) is 8. The Hall–Kier alpha value is -6.50. The number of aromatic nitrogens is 1. The quantitative estimate of drug-likeness (QED) is 0.0483. The average molecular weight is 850 g/mol. The van der Waals surface area contributed by atoms with Crippen molar-refractivity contribution >= 4 is 33.0 Å². The van der Waals surface area contributed by atoms with Crippen LogP contribution in [0, 0.1) is 0 Å². The first-order chi connectivity index (χ1) is 30.3. The van der Waals surface area contributed by atoms with Gasteiger partial charge in [-0.1, -0.05) is 110 Å². The molecule has 8 rings (SSSR count). The van der Waals surface area contributed by atoms with Gasteiger partial charge in [0.15, 0.2) is 12.3 Å². The summed E-state index contributed by atoms with van der Waals surface area (Å²) in [5, 5.41) is 0. The molecule has 0 unspecified atom stereocenters. The van der Waals surface area contributed by atoms with Crippen LogP contribution in [0.1, 0.15) is 24.8 Å². The summed E-state index contributed by atoms with van der Waals surface area (Å²) in [5.74, 6) is 2.78. The smallest absolute Gasteiger partial charge is 0.374 e. The van der Waals surface area contributed by atoms with Crippen molar-refractivity contribution in [3.63, 3.8) is 0 Å². The summed E-state index contributed by atoms with van der Waals surface area (Å²) < 4.78 is 64.5. The summed E-state index contributed by atoms with van der Waals surface area (Å²) in [5.41, 5.74) is 9.58. The van der Waals surface area contributed by atoms with Crippen LogP contribution in [0.3, 0.4) is 0 Å². The van der Waals surface area contributed by atoms with Crippen LogP contribution < -0.4 is 18.9 Å². The van der Waals surface area contributed by atoms with Crippen molar-refractivity contribution < 1.29 is 40.9 Å². The molecule has 10 nitrogen and oxygen atoms in total. The third kappa shape index (κ3) is 10.5. The Bertz CT molecular complexity index is 2750. The van der Waals surface area contributed by atoms with Crippen molar-refractivity contribution in [1.29, 1.82) is 0 Å². The van der Waals surface area contributed by atoms with E-state index in [2.05, 4.69) is 120 Å². The minimum atomic E-state index is -4.25. The van der Waals surface area contributed by atoms with Crippen molar-refractivity contribution in [2.75, 3.05) is 44.5 Å². The maximum Gasteiger partial charge on any atom is 0.374 e. The van der Waals surface area contributed by atoms with Crippen LogP contribution >= 0.6 is 0 Å². The fourth-order valence-corrected chi connectivity index (χ4v) is 7.83. The number of nitrogens with zero attached hydrogens (tertiary/aromatic N) is 2. The number of benzene rings is 6. The average Bonchev–Trinajstić information content (AvgIpc) is 3.83. The highest BCUT2D eigenvalue weighted by atomic mass is 32.2. The van der Waals surface area contributed by atoms with E-state index in [0.717, 1.165) is 75.6 Å². The van der Waals surface area contributed by atoms with E-state index in [0.29, 0.717) is 44.6 Å². The molecule has 0 spiro atoms. The SMILES string of the molecule is CCC(=Cc1oc2ccc(-c3ccccc3)cc2[n+]1CCOCCOCCOc1ccc(S(=O)(=O)O)cc1)C=C1Oc2ccc(-c3ccccc3)cc2N1CCc1ccccc1. The summed E-state index contributed by atoms with van der Waals surface area (Å²) in [6.45, 7) is 5.20. The molecular weight excluding hydrogens is 801 g/mol. The molecule has 0 saturated heterocycles. The molecule has 1 N–H and O–H groups in total. The van der Waals surface area contributed by atoms with Gasteiger partial charge in [0.25, 0.3) is 15.6 Å². The molecule has 6 aromatic carbocycles. The zero-order chi connectivity index (χ0) is 42.7. The molecule has 0 saturated carbocycles. The molecule has 62 heavy (non-hydrogen) atoms. The monoisotopic (exact) mass is 849 g/mol. The van der Waals surface area contributed by atoms with E-state index in [1.54, 1.807) is 0 Å². The van der Waals surface area contributed by atoms with E-state index in [1.165, 1.54) is 29.8 Å². The van der Waals surface area contributed by atoms with Crippen LogP contribution in [0.25, 0.3) is 39.4 Å². The van der Waals surface area contributed by atoms with Crippen LogP contribution in [0.15, 0.2) is 179 Å². The molecule has 0 fully saturated rings. The van der Waals surface area contributed by atoms with E-state index in [9.17, 15) is 8.42 Å². The number of ether oxygens (including phenoxy) is 4. The molecule has 2 heterocycles. The number of allylic oxidation sites excluding steroid dienone is 2. The summed E-state index contributed by atoms with van der Waals surface area (Å²) in [4.78, 5) is 2.09. The zero-order valence-corrected chi connectivity index (χ0v) is 35.4. The van der Waals surface area contributed by atoms with Crippen molar-refractivity contribution in [2.24, 2.45) is 0 Å². The maximum absolute atomic E-state index is 11.3. The summed E-state index contributed by atoms with van der Waals surface area (Å²) in [7, 11) is -4.25. The van der Waals surface area contributed by atoms with Crippen molar-refractivity contribution in [3.05, 3.63) is 181 Å². The fourth-order valence-electron chi connectivity index (χ4n) is 7.35. The van der Waals surface area contributed by atoms with E-state index in [1.807, 2.05) is 36.4 Å². The molecule has 7 aromatic rings. The van der Waals surface area contributed by atoms with Crippen LogP contribution in [0.5, 0.6) is 11.5 Å². The topological polar surface area (TPSA) is 112 Å². The van der Waals surface area contributed by atoms with E-state index < -0.39 is 10.1 Å². The minimum absolute atomic E-state index is 0.188. The minimum Gasteiger partial charge on any atom is -0.491 e. The van der Waals surface area contributed by atoms with Crippen LogP contribution in [-0.4, -0.2) is 52.5 Å². The Labute approximate surface area is 362 Å². The molecule has 0 radical (unpaired) electrons. The van der Waals surface area contributed by atoms with Gasteiger partial charge in [-0.05, 0) is 88.7 Å². The Kier molecular flexibility index (Phi) is 13.6. The lowest BCUT2D eigenvalue weighted by molar-refractivity contribution is -0.679. The summed E-state index contributed by atoms with van der Waals surface area (Å²) in [6, 6.07) is 49.5. The summed E-state index contributed by atoms with van der Waals surface area (Å²) >= 11 is 0. The van der Waals surface area contributed by atoms with Gasteiger partial charge in [0.1, 0.15) is 19.0 Å². The van der Waals surface area contributed by atoms with Gasteiger partial charge in [-0.2, -0.15) is 13.0 Å². The number of rotatable bonds is 19. The van der Waals surface area contributed by atoms with E-state index >= 15 is 0 Å². The highest BCUT2D eigenvalue weighted by Gasteiger charge is 2.28. The number of hydrogen-bond donors (Lipinski definition) is 1. The lowest BCUT2D eigenvalue weighted by Crippen LogP contribution is -2.38. The normalized spacial score (nSPS) is 13.4. The van der Waals surface area contributed by atoms with Crippen molar-refractivity contribution in [1.82, 2.24) is 0 Å². The van der Waals surface area contributed by atoms with Crippen LogP contribution in [-0.2, 0) is 32.6 Å². The molecule has 1 aromatic heterocycles. The Balaban J connectivity index is 0.994. The molecule has 316 valence electrons. The number of fused-ring (bicyclic) bond motifs is 2.